The van der Waals surface area contributed by atoms with Crippen molar-refractivity contribution >= 4 is 11.8 Å². The van der Waals surface area contributed by atoms with E-state index in [-0.39, 0.29) is 11.8 Å². The van der Waals surface area contributed by atoms with Gasteiger partial charge >= 0.3 is 0 Å². The molecule has 1 rings (SSSR count). The summed E-state index contributed by atoms with van der Waals surface area (Å²) in [7, 11) is 0. The summed E-state index contributed by atoms with van der Waals surface area (Å²) < 4.78 is 0. The zero-order chi connectivity index (χ0) is 5.98. The molecule has 0 aliphatic carbocycles. The van der Waals surface area contributed by atoms with Gasteiger partial charge in [-0.25, -0.2) is 0 Å². The van der Waals surface area contributed by atoms with Crippen molar-refractivity contribution in [1.82, 2.24) is 9.97 Å². The van der Waals surface area contributed by atoms with Gasteiger partial charge in [-0.2, -0.15) is 4.98 Å². The molecule has 0 spiro atoms. The van der Waals surface area contributed by atoms with Gasteiger partial charge in [-0.1, -0.05) is 0 Å². The Bertz CT molecular complexity index is 193. The Kier molecular flexibility index (Phi) is 0.957. The quantitative estimate of drug-likeness (QED) is 0.515. The van der Waals surface area contributed by atoms with Crippen LogP contribution in [0.2, 0.25) is 0 Å². The molecule has 0 amide bonds. The number of imidazole rings is 1. The minimum Gasteiger partial charge on any atom is -0.382 e. The normalized spacial score (nSPS) is 9.00. The standard InChI is InChI=1S/C3H4N4O/c4-2-1-5-3(6-2)7-8/h1H,4H2,(H,5,6). The summed E-state index contributed by atoms with van der Waals surface area (Å²) >= 11 is 0. The summed E-state index contributed by atoms with van der Waals surface area (Å²) in [5, 5.41) is 2.49. The third-order valence-corrected chi connectivity index (χ3v) is 0.671. The van der Waals surface area contributed by atoms with Crippen LogP contribution < -0.4 is 5.73 Å². The number of anilines is 1. The van der Waals surface area contributed by atoms with E-state index in [0.29, 0.717) is 0 Å². The summed E-state index contributed by atoms with van der Waals surface area (Å²) in [5.74, 6) is 0.294. The van der Waals surface area contributed by atoms with E-state index in [4.69, 9.17) is 5.73 Å². The van der Waals surface area contributed by atoms with Gasteiger partial charge in [-0.3, -0.25) is 0 Å². The summed E-state index contributed by atoms with van der Waals surface area (Å²) in [4.78, 5) is 15.5. The SMILES string of the molecule is Nc1c[nH]c(N=O)n1. The minimum atomic E-state index is 0.0162. The van der Waals surface area contributed by atoms with Crippen molar-refractivity contribution in [3.8, 4) is 0 Å². The molecule has 5 heteroatoms. The molecule has 0 aliphatic rings. The van der Waals surface area contributed by atoms with E-state index in [9.17, 15) is 4.91 Å². The van der Waals surface area contributed by atoms with Crippen LogP contribution in [-0.2, 0) is 0 Å². The lowest BCUT2D eigenvalue weighted by molar-refractivity contribution is 1.23. The fourth-order valence-electron chi connectivity index (χ4n) is 0.372. The van der Waals surface area contributed by atoms with Gasteiger partial charge < -0.3 is 10.7 Å². The van der Waals surface area contributed by atoms with E-state index in [1.54, 1.807) is 0 Å². The van der Waals surface area contributed by atoms with Crippen LogP contribution in [0, 0.1) is 4.91 Å². The molecule has 8 heavy (non-hydrogen) atoms. The molecule has 0 unspecified atom stereocenters. The van der Waals surface area contributed by atoms with Crippen molar-refractivity contribution in [2.75, 3.05) is 5.73 Å². The predicted molar refractivity (Wildman–Crippen MR) is 28.5 cm³/mol. The number of hydrogen-bond donors (Lipinski definition) is 2. The third kappa shape index (κ3) is 0.651. The number of H-pyrrole nitrogens is 1. The van der Waals surface area contributed by atoms with Crippen LogP contribution in [0.3, 0.4) is 0 Å². The maximum Gasteiger partial charge on any atom is 0.270 e. The number of nitrogens with two attached hydrogens (primary N) is 1. The van der Waals surface area contributed by atoms with Gasteiger partial charge in [-0.05, 0) is 0 Å². The van der Waals surface area contributed by atoms with Gasteiger partial charge in [0.15, 0.2) is 0 Å². The average Bonchev–Trinajstić information content (AvgIpc) is 2.14. The predicted octanol–water partition coefficient (Wildman–Crippen LogP) is 0.390. The first kappa shape index (κ1) is 4.76. The number of nitrogens with one attached hydrogen (secondary N) is 1. The fraction of sp³-hybridized carbons (Fsp3) is 0. The van der Waals surface area contributed by atoms with Gasteiger partial charge in [0.05, 0.1) is 0 Å². The maximum atomic E-state index is 9.62. The Morgan fingerprint density at radius 2 is 2.62 bits per heavy atom. The van der Waals surface area contributed by atoms with Gasteiger partial charge in [0, 0.05) is 11.4 Å². The molecular weight excluding hydrogens is 108 g/mol. The van der Waals surface area contributed by atoms with E-state index in [2.05, 4.69) is 15.1 Å². The van der Waals surface area contributed by atoms with E-state index >= 15 is 0 Å². The second-order valence-corrected chi connectivity index (χ2v) is 1.24. The lowest BCUT2D eigenvalue weighted by Crippen LogP contribution is -1.80. The summed E-state index contributed by atoms with van der Waals surface area (Å²) in [6, 6.07) is 0. The molecule has 0 atom stereocenters. The molecule has 0 saturated heterocycles. The van der Waals surface area contributed by atoms with Crippen molar-refractivity contribution in [3.05, 3.63) is 11.1 Å². The monoisotopic (exact) mass is 112 g/mol. The van der Waals surface area contributed by atoms with E-state index in [0.717, 1.165) is 0 Å². The van der Waals surface area contributed by atoms with E-state index in [1.807, 2.05) is 0 Å². The highest BCUT2D eigenvalue weighted by molar-refractivity contribution is 5.31. The smallest absolute Gasteiger partial charge is 0.270 e. The molecule has 0 fully saturated rings. The Balaban J connectivity index is 3.00. The fourth-order valence-corrected chi connectivity index (χ4v) is 0.372. The molecule has 0 aliphatic heterocycles. The third-order valence-electron chi connectivity index (χ3n) is 0.671. The van der Waals surface area contributed by atoms with Crippen molar-refractivity contribution in [3.63, 3.8) is 0 Å². The Hall–Kier alpha value is -1.39. The van der Waals surface area contributed by atoms with E-state index in [1.165, 1.54) is 6.20 Å². The number of hydrogen-bond acceptors (Lipinski definition) is 4. The van der Waals surface area contributed by atoms with Crippen LogP contribution in [0.4, 0.5) is 11.8 Å². The van der Waals surface area contributed by atoms with Crippen LogP contribution >= 0.6 is 0 Å². The van der Waals surface area contributed by atoms with Crippen molar-refractivity contribution in [2.45, 2.75) is 0 Å². The highest BCUT2D eigenvalue weighted by Crippen LogP contribution is 2.04. The second-order valence-electron chi connectivity index (χ2n) is 1.24. The number of aromatic nitrogens is 2. The Labute approximate surface area is 44.9 Å². The van der Waals surface area contributed by atoms with Gasteiger partial charge in [-0.15, -0.1) is 4.91 Å². The Morgan fingerprint density at radius 1 is 1.88 bits per heavy atom. The first-order chi connectivity index (χ1) is 3.83. The van der Waals surface area contributed by atoms with Crippen molar-refractivity contribution in [2.24, 2.45) is 5.18 Å². The molecular formula is C3H4N4O. The zero-order valence-electron chi connectivity index (χ0n) is 3.96. The van der Waals surface area contributed by atoms with Gasteiger partial charge in [0.25, 0.3) is 5.95 Å². The number of nitrogens with zero attached hydrogens (tertiary/aromatic N) is 2. The molecule has 42 valence electrons. The largest absolute Gasteiger partial charge is 0.382 e. The molecule has 0 saturated carbocycles. The first-order valence-electron chi connectivity index (χ1n) is 1.97. The summed E-state index contributed by atoms with van der Waals surface area (Å²) in [6.45, 7) is 0. The second kappa shape index (κ2) is 1.61. The summed E-state index contributed by atoms with van der Waals surface area (Å²) in [6.07, 6.45) is 1.40. The summed E-state index contributed by atoms with van der Waals surface area (Å²) in [5.41, 5.74) is 5.11. The molecule has 1 aromatic rings. The van der Waals surface area contributed by atoms with Crippen LogP contribution in [0.15, 0.2) is 11.4 Å². The molecule has 0 radical (unpaired) electrons. The number of nitroso groups, excluding NO2 is 1. The molecule has 1 heterocycles. The number of aromatic amines is 1. The van der Waals surface area contributed by atoms with Crippen molar-refractivity contribution < 1.29 is 0 Å². The van der Waals surface area contributed by atoms with E-state index < -0.39 is 0 Å². The highest BCUT2D eigenvalue weighted by Gasteiger charge is 1.92. The molecule has 3 N–H and O–H groups in total. The number of nitrogen functional groups attached to an aromatic ring is 1. The zero-order valence-corrected chi connectivity index (χ0v) is 3.96. The van der Waals surface area contributed by atoms with Crippen molar-refractivity contribution in [1.29, 1.82) is 0 Å². The van der Waals surface area contributed by atoms with Gasteiger partial charge in [0.2, 0.25) is 0 Å². The van der Waals surface area contributed by atoms with Crippen LogP contribution in [0.1, 0.15) is 0 Å². The molecule has 0 bridgehead atoms. The average molecular weight is 112 g/mol. The highest BCUT2D eigenvalue weighted by atomic mass is 16.3. The lowest BCUT2D eigenvalue weighted by atomic mass is 10.8. The van der Waals surface area contributed by atoms with Crippen LogP contribution in [0.25, 0.3) is 0 Å². The molecule has 5 nitrogen and oxygen atoms in total. The van der Waals surface area contributed by atoms with Crippen LogP contribution in [-0.4, -0.2) is 9.97 Å². The van der Waals surface area contributed by atoms with Crippen LogP contribution in [0.5, 0.6) is 0 Å². The Morgan fingerprint density at radius 3 is 2.88 bits per heavy atom. The first-order valence-corrected chi connectivity index (χ1v) is 1.97. The molecule has 1 aromatic heterocycles. The lowest BCUT2D eigenvalue weighted by Gasteiger charge is -1.70. The minimum absolute atomic E-state index is 0.0162. The van der Waals surface area contributed by atoms with Gasteiger partial charge in [0.1, 0.15) is 5.82 Å². The number of rotatable bonds is 1. The molecule has 0 aromatic carbocycles. The maximum absolute atomic E-state index is 9.62. The topological polar surface area (TPSA) is 84.1 Å².